The number of ether oxygens (including phenoxy) is 4. The van der Waals surface area contributed by atoms with Gasteiger partial charge in [-0.3, -0.25) is 9.59 Å². The summed E-state index contributed by atoms with van der Waals surface area (Å²) in [4.78, 5) is 23.6. The van der Waals surface area contributed by atoms with Crippen LogP contribution in [-0.4, -0.2) is 40.0 Å². The maximum absolute atomic E-state index is 11.8. The van der Waals surface area contributed by atoms with Gasteiger partial charge in [-0.2, -0.15) is 0 Å². The van der Waals surface area contributed by atoms with Crippen LogP contribution in [0.3, 0.4) is 0 Å². The lowest BCUT2D eigenvalue weighted by molar-refractivity contribution is -0.107. The molecule has 0 atom stereocenters. The van der Waals surface area contributed by atoms with Crippen LogP contribution in [0.5, 0.6) is 23.0 Å². The fourth-order valence-electron chi connectivity index (χ4n) is 2.94. The Kier molecular flexibility index (Phi) is 10.0. The van der Waals surface area contributed by atoms with E-state index in [1.807, 2.05) is 26.0 Å². The number of benzene rings is 2. The average molecular weight is 439 g/mol. The molecule has 0 saturated heterocycles. The summed E-state index contributed by atoms with van der Waals surface area (Å²) in [6.07, 6.45) is 6.34. The molecule has 0 aliphatic heterocycles. The van der Waals surface area contributed by atoms with Crippen molar-refractivity contribution >= 4 is 24.7 Å². The first-order chi connectivity index (χ1) is 15.6. The van der Waals surface area contributed by atoms with Crippen molar-refractivity contribution in [1.82, 2.24) is 0 Å². The molecule has 0 bridgehead atoms. The molecule has 0 fully saturated rings. The van der Waals surface area contributed by atoms with E-state index in [1.165, 1.54) is 0 Å². The van der Waals surface area contributed by atoms with E-state index in [4.69, 9.17) is 18.9 Å². The van der Waals surface area contributed by atoms with Crippen molar-refractivity contribution in [2.75, 3.05) is 27.4 Å². The number of rotatable bonds is 13. The predicted octanol–water partition coefficient (Wildman–Crippen LogP) is 5.15. The molecule has 0 saturated carbocycles. The average Bonchev–Trinajstić information content (AvgIpc) is 2.83. The van der Waals surface area contributed by atoms with Crippen molar-refractivity contribution in [2.45, 2.75) is 26.7 Å². The molecule has 0 radical (unpaired) electrons. The van der Waals surface area contributed by atoms with Gasteiger partial charge in [0.15, 0.2) is 35.6 Å². The van der Waals surface area contributed by atoms with Gasteiger partial charge in [-0.05, 0) is 60.4 Å². The van der Waals surface area contributed by atoms with E-state index in [9.17, 15) is 9.59 Å². The molecule has 2 aromatic carbocycles. The molecule has 6 heteroatoms. The highest BCUT2D eigenvalue weighted by Crippen LogP contribution is 2.31. The molecule has 0 aliphatic rings. The molecule has 170 valence electrons. The number of allylic oxidation sites excluding steroid dienone is 2. The first kappa shape index (κ1) is 24.7. The lowest BCUT2D eigenvalue weighted by Crippen LogP contribution is -1.99. The van der Waals surface area contributed by atoms with Crippen molar-refractivity contribution in [3.05, 3.63) is 58.7 Å². The topological polar surface area (TPSA) is 71.1 Å². The summed E-state index contributed by atoms with van der Waals surface area (Å²) >= 11 is 0. The quantitative estimate of drug-likeness (QED) is 0.245. The molecule has 2 rings (SSSR count). The Bertz CT molecular complexity index is 895. The van der Waals surface area contributed by atoms with Gasteiger partial charge in [0.25, 0.3) is 0 Å². The Morgan fingerprint density at radius 2 is 1.09 bits per heavy atom. The van der Waals surface area contributed by atoms with Crippen LogP contribution in [0.1, 0.15) is 37.8 Å². The van der Waals surface area contributed by atoms with Gasteiger partial charge >= 0.3 is 0 Å². The molecule has 0 heterocycles. The monoisotopic (exact) mass is 438 g/mol. The highest BCUT2D eigenvalue weighted by atomic mass is 16.5. The summed E-state index contributed by atoms with van der Waals surface area (Å²) < 4.78 is 22.1. The van der Waals surface area contributed by atoms with Crippen molar-refractivity contribution in [3.8, 4) is 23.0 Å². The van der Waals surface area contributed by atoms with Gasteiger partial charge in [-0.15, -0.1) is 0 Å². The van der Waals surface area contributed by atoms with Crippen LogP contribution in [0, 0.1) is 0 Å². The largest absolute Gasteiger partial charge is 0.493 e. The van der Waals surface area contributed by atoms with E-state index in [1.54, 1.807) is 50.6 Å². The second-order valence-corrected chi connectivity index (χ2v) is 6.95. The third-order valence-electron chi connectivity index (χ3n) is 4.53. The van der Waals surface area contributed by atoms with E-state index < -0.39 is 0 Å². The SMILES string of the molecule is CCCOc1ccc(C=C(C=O)C(C=O)=Cc2ccc(OCCC)c(OC)c2)cc1OC. The van der Waals surface area contributed by atoms with Gasteiger partial charge in [0.05, 0.1) is 27.4 Å². The lowest BCUT2D eigenvalue weighted by atomic mass is 10.0. The smallest absolute Gasteiger partial charge is 0.161 e. The van der Waals surface area contributed by atoms with Gasteiger partial charge in [0.2, 0.25) is 0 Å². The summed E-state index contributed by atoms with van der Waals surface area (Å²) in [5.41, 5.74) is 1.91. The molecule has 0 unspecified atom stereocenters. The maximum atomic E-state index is 11.8. The Hall–Kier alpha value is -3.54. The van der Waals surface area contributed by atoms with Gasteiger partial charge in [-0.1, -0.05) is 26.0 Å². The molecule has 6 nitrogen and oxygen atoms in total. The molecule has 0 amide bonds. The summed E-state index contributed by atoms with van der Waals surface area (Å²) in [6, 6.07) is 10.7. The highest BCUT2D eigenvalue weighted by molar-refractivity contribution is 6.02. The van der Waals surface area contributed by atoms with Crippen molar-refractivity contribution < 1.29 is 28.5 Å². The zero-order valence-electron chi connectivity index (χ0n) is 19.1. The third kappa shape index (κ3) is 6.74. The summed E-state index contributed by atoms with van der Waals surface area (Å²) in [5.74, 6) is 2.37. The Labute approximate surface area is 189 Å². The number of methoxy groups -OCH3 is 2. The first-order valence-electron chi connectivity index (χ1n) is 10.6. The van der Waals surface area contributed by atoms with Gasteiger partial charge < -0.3 is 18.9 Å². The number of hydrogen-bond donors (Lipinski definition) is 0. The zero-order valence-corrected chi connectivity index (χ0v) is 19.1. The Morgan fingerprint density at radius 3 is 1.41 bits per heavy atom. The van der Waals surface area contributed by atoms with Crippen LogP contribution < -0.4 is 18.9 Å². The zero-order chi connectivity index (χ0) is 23.3. The normalized spacial score (nSPS) is 11.6. The van der Waals surface area contributed by atoms with Crippen LogP contribution in [0.15, 0.2) is 47.5 Å². The molecular weight excluding hydrogens is 408 g/mol. The standard InChI is InChI=1S/C26H30O6/c1-5-11-31-23-9-7-19(15-25(23)29-3)13-21(17-27)22(18-28)14-20-8-10-24(32-12-6-2)26(16-20)30-4/h7-10,13-18H,5-6,11-12H2,1-4H3. The first-order valence-corrected chi connectivity index (χ1v) is 10.6. The van der Waals surface area contributed by atoms with Crippen LogP contribution in [0.2, 0.25) is 0 Å². The second-order valence-electron chi connectivity index (χ2n) is 6.95. The van der Waals surface area contributed by atoms with Crippen LogP contribution >= 0.6 is 0 Å². The number of carbonyl (C=O) groups is 2. The van der Waals surface area contributed by atoms with E-state index in [-0.39, 0.29) is 11.1 Å². The van der Waals surface area contributed by atoms with Crippen molar-refractivity contribution in [2.24, 2.45) is 0 Å². The van der Waals surface area contributed by atoms with E-state index in [0.717, 1.165) is 12.8 Å². The minimum absolute atomic E-state index is 0.245. The van der Waals surface area contributed by atoms with E-state index in [0.29, 0.717) is 59.9 Å². The number of aldehydes is 2. The molecule has 0 spiro atoms. The Morgan fingerprint density at radius 1 is 0.688 bits per heavy atom. The van der Waals surface area contributed by atoms with Crippen LogP contribution in [-0.2, 0) is 9.59 Å². The van der Waals surface area contributed by atoms with Crippen molar-refractivity contribution in [3.63, 3.8) is 0 Å². The molecule has 0 N–H and O–H groups in total. The molecule has 2 aromatic rings. The van der Waals surface area contributed by atoms with E-state index in [2.05, 4.69) is 0 Å². The summed E-state index contributed by atoms with van der Waals surface area (Å²) in [6.45, 7) is 5.20. The molecule has 32 heavy (non-hydrogen) atoms. The minimum Gasteiger partial charge on any atom is -0.493 e. The van der Waals surface area contributed by atoms with Crippen LogP contribution in [0.25, 0.3) is 12.2 Å². The van der Waals surface area contributed by atoms with Gasteiger partial charge in [0.1, 0.15) is 0 Å². The van der Waals surface area contributed by atoms with Gasteiger partial charge in [-0.25, -0.2) is 0 Å². The fourth-order valence-corrected chi connectivity index (χ4v) is 2.94. The summed E-state index contributed by atoms with van der Waals surface area (Å²) in [5, 5.41) is 0. The third-order valence-corrected chi connectivity index (χ3v) is 4.53. The van der Waals surface area contributed by atoms with Gasteiger partial charge in [0, 0.05) is 11.1 Å². The summed E-state index contributed by atoms with van der Waals surface area (Å²) in [7, 11) is 3.11. The second kappa shape index (κ2) is 13.0. The number of carbonyl (C=O) groups excluding carboxylic acids is 2. The molecular formula is C26H30O6. The van der Waals surface area contributed by atoms with Crippen molar-refractivity contribution in [1.29, 1.82) is 0 Å². The Balaban J connectivity index is 2.37. The van der Waals surface area contributed by atoms with E-state index >= 15 is 0 Å². The number of hydrogen-bond acceptors (Lipinski definition) is 6. The van der Waals surface area contributed by atoms with Crippen LogP contribution in [0.4, 0.5) is 0 Å². The highest BCUT2D eigenvalue weighted by Gasteiger charge is 2.10. The maximum Gasteiger partial charge on any atom is 0.161 e. The fraction of sp³-hybridized carbons (Fsp3) is 0.308. The molecule has 0 aromatic heterocycles. The lowest BCUT2D eigenvalue weighted by Gasteiger charge is -2.11. The molecule has 0 aliphatic carbocycles. The minimum atomic E-state index is 0.245. The predicted molar refractivity (Wildman–Crippen MR) is 126 cm³/mol.